The Balaban J connectivity index is 2.36. The van der Waals surface area contributed by atoms with Crippen LogP contribution in [0.1, 0.15) is 14.5 Å². The number of ether oxygens (including phenoxy) is 1. The second kappa shape index (κ2) is 8.93. The number of nitrogens with zero attached hydrogens (tertiary/aromatic N) is 1. The van der Waals surface area contributed by atoms with Crippen molar-refractivity contribution in [3.63, 3.8) is 0 Å². The smallest absolute Gasteiger partial charge is 0.385 e. The van der Waals surface area contributed by atoms with Crippen molar-refractivity contribution in [3.8, 4) is 0 Å². The van der Waals surface area contributed by atoms with Crippen LogP contribution in [-0.4, -0.2) is 64.0 Å². The Morgan fingerprint density at radius 2 is 1.87 bits per heavy atom. The second-order valence-electron chi connectivity index (χ2n) is 5.85. The first-order chi connectivity index (χ1) is 14.6. The van der Waals surface area contributed by atoms with Gasteiger partial charge >= 0.3 is 23.5 Å². The number of hydrogen-bond acceptors (Lipinski definition) is 11. The normalized spacial score (nSPS) is 32.1. The number of aliphatic hydroxyl groups excluding tert-OH is 2. The van der Waals surface area contributed by atoms with Gasteiger partial charge in [0.2, 0.25) is 0 Å². The topological polar surface area (TPSA) is 247 Å². The van der Waals surface area contributed by atoms with Crippen molar-refractivity contribution in [2.75, 3.05) is 6.56 Å². The zero-order valence-corrected chi connectivity index (χ0v) is 18.3. The van der Waals surface area contributed by atoms with Gasteiger partial charge in [-0.2, -0.15) is 8.62 Å². The fourth-order valence-electron chi connectivity index (χ4n) is 2.19. The standard InChI is InChI=1S/C10H16FN2O14P3S/c1-4-2-13(9(31)12-7(4)16)8-5(14)6(15)10(11,25-8)3-24-29(20,21)27-30(22,23)26-28(17,18)19/h2,5-6,8,14-15H,3H2,1H3,(H,20,21)(H,22,23)(H,12,16,31)(H2,17,18,19)/t5-,6+,8-,10-/m1/s1/i3D2. The Hall–Kier alpha value is -0.680. The summed E-state index contributed by atoms with van der Waals surface area (Å²) in [6.45, 7) is -2.97. The van der Waals surface area contributed by atoms with Crippen LogP contribution in [0.2, 0.25) is 0 Å². The third kappa shape index (κ3) is 6.66. The van der Waals surface area contributed by atoms with Gasteiger partial charge in [0, 0.05) is 11.8 Å². The number of alkyl halides is 1. The summed E-state index contributed by atoms with van der Waals surface area (Å²) in [4.78, 5) is 49.2. The van der Waals surface area contributed by atoms with E-state index in [9.17, 15) is 33.6 Å². The van der Waals surface area contributed by atoms with Gasteiger partial charge < -0.3 is 34.5 Å². The lowest BCUT2D eigenvalue weighted by Gasteiger charge is -2.24. The van der Waals surface area contributed by atoms with Crippen LogP contribution in [-0.2, 0) is 31.6 Å². The number of hydrogen-bond donors (Lipinski definition) is 7. The third-order valence-electron chi connectivity index (χ3n) is 3.42. The quantitative estimate of drug-likeness (QED) is 0.164. The van der Waals surface area contributed by atoms with E-state index < -0.39 is 64.6 Å². The third-order valence-corrected chi connectivity index (χ3v) is 7.39. The summed E-state index contributed by atoms with van der Waals surface area (Å²) in [5.41, 5.74) is -0.694. The van der Waals surface area contributed by atoms with Crippen molar-refractivity contribution in [1.82, 2.24) is 9.55 Å². The van der Waals surface area contributed by atoms with Crippen molar-refractivity contribution in [3.05, 3.63) is 26.9 Å². The SMILES string of the molecule is [2H]C([2H])(OP(=O)(O)OP(=O)(O)OP(=O)(O)O)[C@@]1(F)O[C@@H](n2cc(C)c(=O)[nH]c2=S)[C@H](O)[C@@H]1O. The molecule has 0 amide bonds. The van der Waals surface area contributed by atoms with Crippen LogP contribution in [0.25, 0.3) is 0 Å². The van der Waals surface area contributed by atoms with E-state index in [1.807, 2.05) is 0 Å². The highest BCUT2D eigenvalue weighted by molar-refractivity contribution is 7.71. The van der Waals surface area contributed by atoms with Gasteiger partial charge in [-0.1, -0.05) is 0 Å². The summed E-state index contributed by atoms with van der Waals surface area (Å²) in [5, 5.41) is 20.2. The number of nitrogens with one attached hydrogen (secondary N) is 1. The van der Waals surface area contributed by atoms with Crippen molar-refractivity contribution in [2.24, 2.45) is 0 Å². The number of aromatic nitrogens is 2. The van der Waals surface area contributed by atoms with Crippen LogP contribution in [0.5, 0.6) is 0 Å². The van der Waals surface area contributed by atoms with E-state index in [0.29, 0.717) is 0 Å². The molecular formula is C10H16FN2O14P3S. The lowest BCUT2D eigenvalue weighted by molar-refractivity contribution is -0.204. The number of aromatic amines is 1. The molecule has 2 rings (SSSR count). The Morgan fingerprint density at radius 3 is 2.42 bits per heavy atom. The number of H-pyrrole nitrogens is 1. The maximum atomic E-state index is 15.4. The molecule has 1 aromatic rings. The molecule has 21 heteroatoms. The molecule has 0 spiro atoms. The molecule has 0 radical (unpaired) electrons. The average Bonchev–Trinajstić information content (AvgIpc) is 2.79. The number of aliphatic hydroxyl groups is 2. The van der Waals surface area contributed by atoms with E-state index in [1.165, 1.54) is 6.92 Å². The molecule has 0 aliphatic carbocycles. The van der Waals surface area contributed by atoms with Gasteiger partial charge in [0.05, 0.1) is 2.74 Å². The molecule has 178 valence electrons. The minimum Gasteiger partial charge on any atom is -0.385 e. The van der Waals surface area contributed by atoms with Crippen LogP contribution in [0.4, 0.5) is 4.39 Å². The first-order valence-electron chi connectivity index (χ1n) is 8.50. The minimum atomic E-state index is -6.22. The maximum Gasteiger partial charge on any atom is 0.490 e. The highest BCUT2D eigenvalue weighted by Crippen LogP contribution is 2.66. The minimum absolute atomic E-state index is 0.0264. The Labute approximate surface area is 179 Å². The summed E-state index contributed by atoms with van der Waals surface area (Å²) in [6, 6.07) is 0. The van der Waals surface area contributed by atoms with Crippen LogP contribution >= 0.6 is 35.7 Å². The first kappa shape index (κ1) is 23.5. The molecule has 16 nitrogen and oxygen atoms in total. The molecule has 1 saturated heterocycles. The van der Waals surface area contributed by atoms with E-state index in [0.717, 1.165) is 10.8 Å². The molecule has 1 aliphatic rings. The number of aryl methyl sites for hydroxylation is 1. The van der Waals surface area contributed by atoms with Gasteiger partial charge in [0.1, 0.15) is 18.8 Å². The lowest BCUT2D eigenvalue weighted by atomic mass is 10.1. The van der Waals surface area contributed by atoms with Crippen molar-refractivity contribution in [2.45, 2.75) is 31.2 Å². The van der Waals surface area contributed by atoms with E-state index in [4.69, 9.17) is 29.6 Å². The monoisotopic (exact) mass is 534 g/mol. The second-order valence-corrected chi connectivity index (χ2v) is 10.6. The average molecular weight is 534 g/mol. The lowest BCUT2D eigenvalue weighted by Crippen LogP contribution is -2.42. The summed E-state index contributed by atoms with van der Waals surface area (Å²) in [6.07, 6.45) is -6.22. The molecule has 7 N–H and O–H groups in total. The molecule has 1 fully saturated rings. The molecule has 2 unspecified atom stereocenters. The van der Waals surface area contributed by atoms with Crippen LogP contribution in [0.15, 0.2) is 11.0 Å². The Morgan fingerprint density at radius 1 is 1.29 bits per heavy atom. The van der Waals surface area contributed by atoms with Gasteiger partial charge in [-0.3, -0.25) is 18.9 Å². The highest BCUT2D eigenvalue weighted by atomic mass is 32.1. The molecule has 31 heavy (non-hydrogen) atoms. The Bertz CT molecular complexity index is 1190. The maximum absolute atomic E-state index is 15.4. The van der Waals surface area contributed by atoms with Crippen LogP contribution in [0.3, 0.4) is 0 Å². The summed E-state index contributed by atoms with van der Waals surface area (Å²) >= 11 is 4.83. The fraction of sp³-hybridized carbons (Fsp3) is 0.600. The van der Waals surface area contributed by atoms with Crippen LogP contribution in [0, 0.1) is 11.7 Å². The molecular weight excluding hydrogens is 516 g/mol. The van der Waals surface area contributed by atoms with E-state index in [2.05, 4.69) is 22.9 Å². The molecule has 1 aromatic heterocycles. The predicted octanol–water partition coefficient (Wildman–Crippen LogP) is -0.526. The fourth-order valence-corrected chi connectivity index (χ4v) is 5.32. The molecule has 0 bridgehead atoms. The van der Waals surface area contributed by atoms with Crippen molar-refractivity contribution < 1.29 is 68.5 Å². The van der Waals surface area contributed by atoms with Crippen molar-refractivity contribution >= 4 is 35.7 Å². The highest BCUT2D eigenvalue weighted by Gasteiger charge is 2.57. The summed E-state index contributed by atoms with van der Waals surface area (Å²) in [5.74, 6) is -4.18. The summed E-state index contributed by atoms with van der Waals surface area (Å²) < 4.78 is 79.9. The zero-order chi connectivity index (χ0) is 25.8. The van der Waals surface area contributed by atoms with E-state index in [-0.39, 0.29) is 5.56 Å². The van der Waals surface area contributed by atoms with Gasteiger partial charge in [-0.15, -0.1) is 0 Å². The molecule has 6 atom stereocenters. The van der Waals surface area contributed by atoms with E-state index in [1.54, 1.807) is 0 Å². The largest absolute Gasteiger partial charge is 0.490 e. The zero-order valence-electron chi connectivity index (χ0n) is 16.8. The molecule has 0 aromatic carbocycles. The number of rotatable bonds is 8. The number of phosphoric acid groups is 3. The van der Waals surface area contributed by atoms with Gasteiger partial charge in [0.25, 0.3) is 11.4 Å². The van der Waals surface area contributed by atoms with Gasteiger partial charge in [-0.25, -0.2) is 18.1 Å². The first-order valence-corrected chi connectivity index (χ1v) is 12.4. The predicted molar refractivity (Wildman–Crippen MR) is 96.4 cm³/mol. The molecule has 1 aliphatic heterocycles. The van der Waals surface area contributed by atoms with Crippen molar-refractivity contribution in [1.29, 1.82) is 0 Å². The number of phosphoric ester groups is 1. The van der Waals surface area contributed by atoms with Gasteiger partial charge in [-0.05, 0) is 19.1 Å². The number of halogens is 1. The van der Waals surface area contributed by atoms with E-state index >= 15 is 4.39 Å². The Kier molecular flexibility index (Phi) is 6.76. The molecule has 0 saturated carbocycles. The van der Waals surface area contributed by atoms with Crippen LogP contribution < -0.4 is 5.56 Å². The summed E-state index contributed by atoms with van der Waals surface area (Å²) in [7, 11) is -18.1. The molecule has 2 heterocycles. The van der Waals surface area contributed by atoms with Gasteiger partial charge in [0.15, 0.2) is 11.0 Å².